The summed E-state index contributed by atoms with van der Waals surface area (Å²) in [5.41, 5.74) is 3.25. The first-order chi connectivity index (χ1) is 12.4. The van der Waals surface area contributed by atoms with Gasteiger partial charge in [-0.15, -0.1) is 0 Å². The number of aryl methyl sites for hydroxylation is 1. The smallest absolute Gasteiger partial charge is 0.227 e. The Morgan fingerprint density at radius 3 is 2.31 bits per heavy atom. The van der Waals surface area contributed by atoms with E-state index in [9.17, 15) is 4.79 Å². The van der Waals surface area contributed by atoms with Crippen molar-refractivity contribution in [3.8, 4) is 0 Å². The lowest BCUT2D eigenvalue weighted by atomic mass is 10.0. The van der Waals surface area contributed by atoms with Crippen LogP contribution in [0.1, 0.15) is 37.9 Å². The van der Waals surface area contributed by atoms with E-state index in [0.717, 1.165) is 36.2 Å². The Morgan fingerprint density at radius 1 is 1.08 bits per heavy atom. The van der Waals surface area contributed by atoms with E-state index in [0.29, 0.717) is 19.0 Å². The summed E-state index contributed by atoms with van der Waals surface area (Å²) < 4.78 is 0. The number of carbonyl (C=O) groups excluding carboxylic acids is 1. The van der Waals surface area contributed by atoms with Crippen molar-refractivity contribution in [2.24, 2.45) is 0 Å². The number of aromatic nitrogens is 2. The van der Waals surface area contributed by atoms with E-state index in [-0.39, 0.29) is 5.91 Å². The molecule has 0 radical (unpaired) electrons. The minimum absolute atomic E-state index is 0.127. The van der Waals surface area contributed by atoms with Gasteiger partial charge in [0.2, 0.25) is 11.9 Å². The maximum atomic E-state index is 11.5. The first-order valence-electron chi connectivity index (χ1n) is 9.15. The summed E-state index contributed by atoms with van der Waals surface area (Å²) >= 11 is 0. The van der Waals surface area contributed by atoms with E-state index in [1.807, 2.05) is 17.9 Å². The molecule has 0 spiro atoms. The molecular weight excluding hydrogens is 326 g/mol. The topological polar surface area (TPSA) is 61.4 Å². The van der Waals surface area contributed by atoms with Crippen LogP contribution >= 0.6 is 0 Å². The molecule has 1 aliphatic rings. The monoisotopic (exact) mass is 353 g/mol. The van der Waals surface area contributed by atoms with Gasteiger partial charge in [-0.05, 0) is 30.5 Å². The zero-order valence-electron chi connectivity index (χ0n) is 16.0. The molecule has 1 amide bonds. The van der Waals surface area contributed by atoms with Gasteiger partial charge >= 0.3 is 0 Å². The van der Waals surface area contributed by atoms with Crippen LogP contribution in [0.25, 0.3) is 0 Å². The molecule has 2 aromatic rings. The molecule has 1 N–H and O–H groups in total. The molecule has 2 heterocycles. The molecule has 1 saturated heterocycles. The fraction of sp³-hybridized carbons (Fsp3) is 0.450. The summed E-state index contributed by atoms with van der Waals surface area (Å²) in [7, 11) is 0. The second-order valence-corrected chi connectivity index (χ2v) is 7.09. The zero-order chi connectivity index (χ0) is 18.7. The standard InChI is InChI=1S/C20H27N5O/c1-14(2)17-5-7-18(8-6-17)22-19-13-15(3)21-20(23-19)25-11-9-24(10-12-25)16(4)26/h5-8,13-14H,9-12H2,1-4H3,(H,21,22,23). The number of benzene rings is 1. The average molecular weight is 353 g/mol. The van der Waals surface area contributed by atoms with Crippen molar-refractivity contribution in [3.05, 3.63) is 41.6 Å². The number of piperazine rings is 1. The highest BCUT2D eigenvalue weighted by Gasteiger charge is 2.21. The predicted molar refractivity (Wildman–Crippen MR) is 105 cm³/mol. The summed E-state index contributed by atoms with van der Waals surface area (Å²) in [6.07, 6.45) is 0. The van der Waals surface area contributed by atoms with Crippen molar-refractivity contribution in [3.63, 3.8) is 0 Å². The molecule has 6 nitrogen and oxygen atoms in total. The molecule has 138 valence electrons. The molecule has 0 unspecified atom stereocenters. The number of nitrogens with one attached hydrogen (secondary N) is 1. The lowest BCUT2D eigenvalue weighted by molar-refractivity contribution is -0.129. The Labute approximate surface area is 155 Å². The first-order valence-corrected chi connectivity index (χ1v) is 9.15. The normalized spacial score (nSPS) is 14.7. The molecule has 1 fully saturated rings. The first kappa shape index (κ1) is 18.2. The van der Waals surface area contributed by atoms with E-state index in [2.05, 4.69) is 58.3 Å². The largest absolute Gasteiger partial charge is 0.340 e. The highest BCUT2D eigenvalue weighted by atomic mass is 16.2. The van der Waals surface area contributed by atoms with Gasteiger partial charge in [0.15, 0.2) is 0 Å². The molecule has 1 aromatic heterocycles. The lowest BCUT2D eigenvalue weighted by Gasteiger charge is -2.34. The van der Waals surface area contributed by atoms with Crippen LogP contribution in [0.5, 0.6) is 0 Å². The van der Waals surface area contributed by atoms with Gasteiger partial charge < -0.3 is 15.1 Å². The fourth-order valence-electron chi connectivity index (χ4n) is 3.08. The van der Waals surface area contributed by atoms with Crippen molar-refractivity contribution in [1.82, 2.24) is 14.9 Å². The Kier molecular flexibility index (Phi) is 5.40. The number of hydrogen-bond acceptors (Lipinski definition) is 5. The molecule has 0 aliphatic carbocycles. The quantitative estimate of drug-likeness (QED) is 0.914. The highest BCUT2D eigenvalue weighted by molar-refractivity contribution is 5.73. The van der Waals surface area contributed by atoms with Gasteiger partial charge in [-0.25, -0.2) is 4.98 Å². The zero-order valence-corrected chi connectivity index (χ0v) is 16.0. The molecule has 6 heteroatoms. The fourth-order valence-corrected chi connectivity index (χ4v) is 3.08. The third kappa shape index (κ3) is 4.31. The summed E-state index contributed by atoms with van der Waals surface area (Å²) in [4.78, 5) is 24.7. The molecular formula is C20H27N5O. The van der Waals surface area contributed by atoms with Crippen LogP contribution in [0.3, 0.4) is 0 Å². The van der Waals surface area contributed by atoms with Crippen LogP contribution < -0.4 is 10.2 Å². The Balaban J connectivity index is 1.72. The predicted octanol–water partition coefficient (Wildman–Crippen LogP) is 3.32. The number of carbonyl (C=O) groups is 1. The van der Waals surface area contributed by atoms with Crippen LogP contribution in [0.15, 0.2) is 30.3 Å². The number of hydrogen-bond donors (Lipinski definition) is 1. The van der Waals surface area contributed by atoms with E-state index >= 15 is 0 Å². The van der Waals surface area contributed by atoms with Crippen molar-refractivity contribution < 1.29 is 4.79 Å². The van der Waals surface area contributed by atoms with Crippen molar-refractivity contribution in [1.29, 1.82) is 0 Å². The highest BCUT2D eigenvalue weighted by Crippen LogP contribution is 2.22. The van der Waals surface area contributed by atoms with Crippen LogP contribution in [0.4, 0.5) is 17.5 Å². The van der Waals surface area contributed by atoms with Crippen LogP contribution in [0.2, 0.25) is 0 Å². The number of nitrogens with zero attached hydrogens (tertiary/aromatic N) is 4. The van der Waals surface area contributed by atoms with Gasteiger partial charge in [0, 0.05) is 50.6 Å². The Bertz CT molecular complexity index is 764. The van der Waals surface area contributed by atoms with Crippen LogP contribution in [-0.2, 0) is 4.79 Å². The molecule has 0 saturated carbocycles. The molecule has 0 bridgehead atoms. The van der Waals surface area contributed by atoms with Crippen molar-refractivity contribution in [2.45, 2.75) is 33.6 Å². The van der Waals surface area contributed by atoms with Gasteiger partial charge in [0.1, 0.15) is 5.82 Å². The van der Waals surface area contributed by atoms with E-state index in [1.165, 1.54) is 5.56 Å². The maximum Gasteiger partial charge on any atom is 0.227 e. The average Bonchev–Trinajstić information content (AvgIpc) is 2.61. The van der Waals surface area contributed by atoms with E-state index in [4.69, 9.17) is 0 Å². The van der Waals surface area contributed by atoms with Crippen molar-refractivity contribution in [2.75, 3.05) is 36.4 Å². The molecule has 26 heavy (non-hydrogen) atoms. The second-order valence-electron chi connectivity index (χ2n) is 7.09. The third-order valence-corrected chi connectivity index (χ3v) is 4.70. The summed E-state index contributed by atoms with van der Waals surface area (Å²) in [6, 6.07) is 10.4. The van der Waals surface area contributed by atoms with Gasteiger partial charge in [-0.2, -0.15) is 4.98 Å². The van der Waals surface area contributed by atoms with Gasteiger partial charge in [-0.3, -0.25) is 4.79 Å². The SMILES string of the molecule is CC(=O)N1CCN(c2nc(C)cc(Nc3ccc(C(C)C)cc3)n2)CC1. The third-order valence-electron chi connectivity index (χ3n) is 4.70. The van der Waals surface area contributed by atoms with Gasteiger partial charge in [-0.1, -0.05) is 26.0 Å². The number of rotatable bonds is 4. The van der Waals surface area contributed by atoms with E-state index in [1.54, 1.807) is 6.92 Å². The number of anilines is 3. The molecule has 0 atom stereocenters. The van der Waals surface area contributed by atoms with Crippen molar-refractivity contribution >= 4 is 23.4 Å². The minimum Gasteiger partial charge on any atom is -0.340 e. The minimum atomic E-state index is 0.127. The number of amides is 1. The lowest BCUT2D eigenvalue weighted by Crippen LogP contribution is -2.48. The summed E-state index contributed by atoms with van der Waals surface area (Å²) in [5.74, 6) is 2.15. The van der Waals surface area contributed by atoms with Crippen LogP contribution in [-0.4, -0.2) is 47.0 Å². The maximum absolute atomic E-state index is 11.5. The Morgan fingerprint density at radius 2 is 1.73 bits per heavy atom. The molecule has 1 aromatic carbocycles. The van der Waals surface area contributed by atoms with Gasteiger partial charge in [0.05, 0.1) is 0 Å². The second kappa shape index (κ2) is 7.72. The van der Waals surface area contributed by atoms with E-state index < -0.39 is 0 Å². The molecule has 1 aliphatic heterocycles. The van der Waals surface area contributed by atoms with Crippen LogP contribution in [0, 0.1) is 6.92 Å². The molecule has 3 rings (SSSR count). The Hall–Kier alpha value is -2.63. The summed E-state index contributed by atoms with van der Waals surface area (Å²) in [6.45, 7) is 10.9. The van der Waals surface area contributed by atoms with Gasteiger partial charge in [0.25, 0.3) is 0 Å². The summed E-state index contributed by atoms with van der Waals surface area (Å²) in [5, 5.41) is 3.38.